The van der Waals surface area contributed by atoms with Crippen LogP contribution in [-0.2, 0) is 0 Å². The van der Waals surface area contributed by atoms with E-state index < -0.39 is 12.0 Å². The largest absolute Gasteiger partial charge is 0.242 e. The third kappa shape index (κ3) is 4.84. The lowest BCUT2D eigenvalue weighted by Crippen LogP contribution is -2.05. The van der Waals surface area contributed by atoms with Gasteiger partial charge in [-0.15, -0.1) is 0 Å². The van der Waals surface area contributed by atoms with Gasteiger partial charge in [0.2, 0.25) is 0 Å². The Kier molecular flexibility index (Phi) is 7.64. The molecule has 2 aliphatic rings. The van der Waals surface area contributed by atoms with Crippen LogP contribution in [0.5, 0.6) is 0 Å². The van der Waals surface area contributed by atoms with Crippen molar-refractivity contribution in [1.82, 2.24) is 0 Å². The van der Waals surface area contributed by atoms with Crippen molar-refractivity contribution in [1.29, 1.82) is 0 Å². The maximum Gasteiger partial charge on any atom is 0.125 e. The van der Waals surface area contributed by atoms with Gasteiger partial charge in [0, 0.05) is 21.1 Å². The van der Waals surface area contributed by atoms with Crippen molar-refractivity contribution in [3.63, 3.8) is 0 Å². The molecule has 1 atom stereocenters. The molecule has 0 fully saturated rings. The van der Waals surface area contributed by atoms with Crippen LogP contribution in [-0.4, -0.2) is 6.17 Å². The first-order chi connectivity index (χ1) is 35.4. The van der Waals surface area contributed by atoms with E-state index in [4.69, 9.17) is 0 Å². The van der Waals surface area contributed by atoms with E-state index in [2.05, 4.69) is 168 Å². The molecular weight excluding hydrogens is 1000 g/mol. The molecule has 15 aromatic carbocycles. The molecule has 72 heavy (non-hydrogen) atoms. The van der Waals surface area contributed by atoms with Crippen molar-refractivity contribution in [2.75, 3.05) is 0 Å². The van der Waals surface area contributed by atoms with Crippen LogP contribution in [0.15, 0.2) is 194 Å². The first-order valence-corrected chi connectivity index (χ1v) is 25.7. The van der Waals surface area contributed by atoms with E-state index in [0.717, 1.165) is 85.6 Å². The van der Waals surface area contributed by atoms with Crippen molar-refractivity contribution in [3.05, 3.63) is 209 Å². The van der Waals surface area contributed by atoms with Gasteiger partial charge >= 0.3 is 0 Å². The van der Waals surface area contributed by atoms with E-state index in [1.165, 1.54) is 98.7 Å². The summed E-state index contributed by atoms with van der Waals surface area (Å²) in [6, 6.07) is 62.9. The first-order valence-electron chi connectivity index (χ1n) is 24.6. The lowest BCUT2D eigenvalue weighted by atomic mass is 9.80. The summed E-state index contributed by atoms with van der Waals surface area (Å²) < 4.78 is 47.7. The summed E-state index contributed by atoms with van der Waals surface area (Å²) in [5.74, 6) is -0.765. The van der Waals surface area contributed by atoms with Crippen LogP contribution in [0.1, 0.15) is 12.0 Å². The van der Waals surface area contributed by atoms with Crippen LogP contribution in [0, 0.1) is 9.39 Å². The van der Waals surface area contributed by atoms with Crippen molar-refractivity contribution >= 4 is 147 Å². The summed E-state index contributed by atoms with van der Waals surface area (Å²) in [5.41, 5.74) is 9.51. The average molecular weight is 1030 g/mol. The maximum atomic E-state index is 16.8. The fraction of sp³-hybridized carbons (Fsp3) is 0.0294. The zero-order valence-corrected chi connectivity index (χ0v) is 40.4. The number of alkyl halides is 1. The van der Waals surface area contributed by atoms with E-state index in [9.17, 15) is 0 Å². The second-order valence-electron chi connectivity index (χ2n) is 20.0. The molecular formula is C68H34F3I. The summed E-state index contributed by atoms with van der Waals surface area (Å²) in [7, 11) is 0. The predicted molar refractivity (Wildman–Crippen MR) is 307 cm³/mol. The van der Waals surface area contributed by atoms with E-state index in [1.54, 1.807) is 12.1 Å². The van der Waals surface area contributed by atoms with Crippen LogP contribution in [0.3, 0.4) is 0 Å². The molecule has 0 saturated heterocycles. The van der Waals surface area contributed by atoms with Gasteiger partial charge in [0.15, 0.2) is 0 Å². The van der Waals surface area contributed by atoms with Crippen LogP contribution >= 0.6 is 22.6 Å². The average Bonchev–Trinajstić information content (AvgIpc) is 4.04. The molecule has 0 nitrogen and oxygen atoms in total. The second kappa shape index (κ2) is 13.9. The quantitative estimate of drug-likeness (QED) is 0.0940. The number of allylic oxidation sites excluding steroid dienone is 4. The molecule has 0 aliphatic heterocycles. The zero-order chi connectivity index (χ0) is 47.4. The molecule has 0 bridgehead atoms. The van der Waals surface area contributed by atoms with Crippen molar-refractivity contribution < 1.29 is 13.2 Å². The van der Waals surface area contributed by atoms with Gasteiger partial charge in [0.1, 0.15) is 17.8 Å². The van der Waals surface area contributed by atoms with Gasteiger partial charge in [-0.3, -0.25) is 0 Å². The fourth-order valence-corrected chi connectivity index (χ4v) is 14.7. The maximum absolute atomic E-state index is 16.8. The van der Waals surface area contributed by atoms with Crippen LogP contribution < -0.4 is 0 Å². The molecule has 1 unspecified atom stereocenters. The summed E-state index contributed by atoms with van der Waals surface area (Å²) in [4.78, 5) is 0. The van der Waals surface area contributed by atoms with Gasteiger partial charge in [-0.25, -0.2) is 13.2 Å². The third-order valence-corrected chi connectivity index (χ3v) is 17.5. The minimum Gasteiger partial charge on any atom is -0.242 e. The molecule has 334 valence electrons. The third-order valence-electron chi connectivity index (χ3n) is 16.6. The number of hydrogen-bond acceptors (Lipinski definition) is 0. The Balaban J connectivity index is 1.05. The monoisotopic (exact) mass is 1030 g/mol. The number of benzene rings is 13. The lowest BCUT2D eigenvalue weighted by molar-refractivity contribution is 0.371. The Labute approximate surface area is 423 Å². The Morgan fingerprint density at radius 2 is 0.861 bits per heavy atom. The summed E-state index contributed by atoms with van der Waals surface area (Å²) in [6.45, 7) is 0. The van der Waals surface area contributed by atoms with Gasteiger partial charge in [-0.2, -0.15) is 0 Å². The number of hydrogen-bond donors (Lipinski definition) is 0. The highest BCUT2D eigenvalue weighted by atomic mass is 127. The van der Waals surface area contributed by atoms with Crippen molar-refractivity contribution in [3.8, 4) is 44.5 Å². The van der Waals surface area contributed by atoms with E-state index in [1.807, 2.05) is 18.2 Å². The molecule has 0 radical (unpaired) electrons. The van der Waals surface area contributed by atoms with Gasteiger partial charge in [0.05, 0.1) is 0 Å². The minimum absolute atomic E-state index is 0.303. The normalized spacial score (nSPS) is 14.9. The minimum atomic E-state index is -1.40. The highest BCUT2D eigenvalue weighted by Crippen LogP contribution is 2.61. The van der Waals surface area contributed by atoms with Gasteiger partial charge in [0.25, 0.3) is 0 Å². The Bertz CT molecular complexity index is 5020. The number of rotatable bonds is 3. The molecule has 0 saturated carbocycles. The van der Waals surface area contributed by atoms with Crippen LogP contribution in [0.4, 0.5) is 13.2 Å². The SMILES string of the molecule is FC1=C(c2c3c(c(-c4ccc(F)cc4I)c4cc5ccccc5cc24)-c2ccc4c5ccc6c7c(-c8ccccc8)c8cccc9c%10ccccc%10c(c89)c7c7ccc(c8ccc-3c2c48)c5c67)C=CC(F)C1. The molecule has 4 heteroatoms. The smallest absolute Gasteiger partial charge is 0.125 e. The molecule has 0 heterocycles. The molecule has 17 rings (SSSR count). The highest BCUT2D eigenvalue weighted by molar-refractivity contribution is 14.1. The first kappa shape index (κ1) is 39.6. The highest BCUT2D eigenvalue weighted by Gasteiger charge is 2.35. The van der Waals surface area contributed by atoms with Gasteiger partial charge in [-0.05, 0) is 216 Å². The lowest BCUT2D eigenvalue weighted by Gasteiger charge is -2.23. The number of halogens is 4. The van der Waals surface area contributed by atoms with Crippen molar-refractivity contribution in [2.45, 2.75) is 12.6 Å². The summed E-state index contributed by atoms with van der Waals surface area (Å²) in [5, 5.41) is 26.3. The van der Waals surface area contributed by atoms with Crippen LogP contribution in [0.25, 0.3) is 169 Å². The fourth-order valence-electron chi connectivity index (χ4n) is 14.0. The summed E-state index contributed by atoms with van der Waals surface area (Å²) in [6.07, 6.45) is 1.43. The standard InChI is InChI=1S/C68H34F3I/c69-36-17-19-45(54(71)31-36)60-52-29-34-11-4-5-12-35(34)30-53(52)61(46-20-18-37(70)32-55(46)72)67-50-27-23-43-41-21-25-48-62-51(28-24-44(57(41)62)42-22-26-49(66(60)67)63(50)58(42)43)68-64-40-14-7-6-13-38(40)39-15-8-16-47(59(39)64)56(65(48)68)33-9-2-1-3-10-33/h1-30,32,36H,31H2. The Morgan fingerprint density at radius 3 is 1.57 bits per heavy atom. The summed E-state index contributed by atoms with van der Waals surface area (Å²) >= 11 is 2.26. The Morgan fingerprint density at radius 1 is 0.361 bits per heavy atom. The molecule has 0 N–H and O–H groups in total. The zero-order valence-electron chi connectivity index (χ0n) is 38.2. The van der Waals surface area contributed by atoms with Crippen LogP contribution in [0.2, 0.25) is 0 Å². The van der Waals surface area contributed by atoms with Gasteiger partial charge in [-0.1, -0.05) is 158 Å². The van der Waals surface area contributed by atoms with E-state index in [-0.39, 0.29) is 12.2 Å². The molecule has 0 aromatic heterocycles. The van der Waals surface area contributed by atoms with E-state index >= 15 is 13.2 Å². The Hall–Kier alpha value is -8.06. The molecule has 2 aliphatic carbocycles. The van der Waals surface area contributed by atoms with Gasteiger partial charge < -0.3 is 0 Å². The molecule has 15 aromatic rings. The topological polar surface area (TPSA) is 0 Å². The number of fused-ring (bicyclic) bond motifs is 14. The molecule has 0 spiro atoms. The second-order valence-corrected chi connectivity index (χ2v) is 21.2. The molecule has 0 amide bonds. The van der Waals surface area contributed by atoms with Crippen molar-refractivity contribution in [2.24, 2.45) is 0 Å². The predicted octanol–water partition coefficient (Wildman–Crippen LogP) is 20.4. The van der Waals surface area contributed by atoms with E-state index in [0.29, 0.717) is 5.57 Å².